The average Bonchev–Trinajstić information content (AvgIpc) is 2.17. The summed E-state index contributed by atoms with van der Waals surface area (Å²) in [7, 11) is 0. The number of pyridine rings is 1. The lowest BCUT2D eigenvalue weighted by atomic mass is 10.1. The van der Waals surface area contributed by atoms with E-state index >= 15 is 0 Å². The molecular formula is C10H10ClF3N2. The number of halogens is 4. The van der Waals surface area contributed by atoms with Crippen molar-refractivity contribution in [2.24, 2.45) is 0 Å². The van der Waals surface area contributed by atoms with Crippen molar-refractivity contribution in [2.75, 3.05) is 11.4 Å². The first-order chi connectivity index (χ1) is 7.39. The molecule has 88 valence electrons. The van der Waals surface area contributed by atoms with E-state index in [1.807, 2.05) is 11.8 Å². The molecule has 0 bridgehead atoms. The summed E-state index contributed by atoms with van der Waals surface area (Å²) in [5.41, 5.74) is -1.01. The Balaban J connectivity index is 2.36. The molecule has 0 amide bonds. The van der Waals surface area contributed by atoms with E-state index in [0.717, 1.165) is 13.0 Å². The van der Waals surface area contributed by atoms with E-state index in [4.69, 9.17) is 11.6 Å². The molecule has 0 radical (unpaired) electrons. The quantitative estimate of drug-likeness (QED) is 0.760. The minimum absolute atomic E-state index is 0.245. The van der Waals surface area contributed by atoms with Gasteiger partial charge in [0.2, 0.25) is 0 Å². The van der Waals surface area contributed by atoms with Gasteiger partial charge in [-0.2, -0.15) is 13.2 Å². The van der Waals surface area contributed by atoms with Crippen LogP contribution in [0.25, 0.3) is 0 Å². The zero-order valence-electron chi connectivity index (χ0n) is 8.55. The summed E-state index contributed by atoms with van der Waals surface area (Å²) in [6, 6.07) is 3.01. The topological polar surface area (TPSA) is 16.1 Å². The molecule has 1 unspecified atom stereocenters. The predicted molar refractivity (Wildman–Crippen MR) is 55.7 cm³/mol. The summed E-state index contributed by atoms with van der Waals surface area (Å²) in [6.07, 6.45) is -3.52. The Hall–Kier alpha value is -0.970. The van der Waals surface area contributed by atoms with Gasteiger partial charge in [-0.15, -0.1) is 0 Å². The third kappa shape index (κ3) is 1.96. The standard InChI is InChI=1S/C10H10ClF3N2/c1-6-4-5-16(6)8-3-2-7(11)9(15-8)10(12,13)14/h2-3,6H,4-5H2,1H3. The van der Waals surface area contributed by atoms with Crippen molar-refractivity contribution >= 4 is 17.4 Å². The zero-order valence-corrected chi connectivity index (χ0v) is 9.31. The van der Waals surface area contributed by atoms with E-state index in [1.54, 1.807) is 0 Å². The summed E-state index contributed by atoms with van der Waals surface area (Å²) in [4.78, 5) is 5.41. The van der Waals surface area contributed by atoms with E-state index in [1.165, 1.54) is 12.1 Å². The van der Waals surface area contributed by atoms with Gasteiger partial charge in [0.25, 0.3) is 0 Å². The van der Waals surface area contributed by atoms with Gasteiger partial charge in [0.05, 0.1) is 5.02 Å². The summed E-state index contributed by atoms with van der Waals surface area (Å²) in [6.45, 7) is 2.69. The molecule has 6 heteroatoms. The summed E-state index contributed by atoms with van der Waals surface area (Å²) >= 11 is 5.48. The third-order valence-electron chi connectivity index (χ3n) is 2.71. The van der Waals surface area contributed by atoms with Crippen LogP contribution in [0.5, 0.6) is 0 Å². The van der Waals surface area contributed by atoms with Gasteiger partial charge < -0.3 is 4.90 Å². The van der Waals surface area contributed by atoms with Crippen molar-refractivity contribution < 1.29 is 13.2 Å². The van der Waals surface area contributed by atoms with Crippen LogP contribution in [0.2, 0.25) is 5.02 Å². The highest BCUT2D eigenvalue weighted by molar-refractivity contribution is 6.31. The van der Waals surface area contributed by atoms with Gasteiger partial charge in [-0.1, -0.05) is 11.6 Å². The SMILES string of the molecule is CC1CCN1c1ccc(Cl)c(C(F)(F)F)n1. The molecule has 0 aromatic carbocycles. The van der Waals surface area contributed by atoms with Gasteiger partial charge in [-0.3, -0.25) is 0 Å². The number of alkyl halides is 3. The van der Waals surface area contributed by atoms with Crippen LogP contribution < -0.4 is 4.90 Å². The van der Waals surface area contributed by atoms with Crippen molar-refractivity contribution in [3.8, 4) is 0 Å². The molecule has 16 heavy (non-hydrogen) atoms. The second-order valence-corrected chi connectivity index (χ2v) is 4.24. The molecule has 1 fully saturated rings. The fraction of sp³-hybridized carbons (Fsp3) is 0.500. The highest BCUT2D eigenvalue weighted by Crippen LogP contribution is 2.35. The number of hydrogen-bond donors (Lipinski definition) is 0. The van der Waals surface area contributed by atoms with Crippen LogP contribution in [0, 0.1) is 0 Å². The fourth-order valence-corrected chi connectivity index (χ4v) is 1.86. The van der Waals surface area contributed by atoms with Crippen LogP contribution in [0.3, 0.4) is 0 Å². The monoisotopic (exact) mass is 250 g/mol. The molecular weight excluding hydrogens is 241 g/mol. The van der Waals surface area contributed by atoms with Crippen molar-refractivity contribution in [2.45, 2.75) is 25.6 Å². The average molecular weight is 251 g/mol. The molecule has 0 saturated carbocycles. The van der Waals surface area contributed by atoms with Crippen LogP contribution in [0.1, 0.15) is 19.0 Å². The number of hydrogen-bond acceptors (Lipinski definition) is 2. The molecule has 1 saturated heterocycles. The van der Waals surface area contributed by atoms with E-state index in [0.29, 0.717) is 5.82 Å². The first kappa shape index (κ1) is 11.5. The van der Waals surface area contributed by atoms with Gasteiger partial charge in [-0.25, -0.2) is 4.98 Å². The van der Waals surface area contributed by atoms with Crippen molar-refractivity contribution in [3.63, 3.8) is 0 Å². The third-order valence-corrected chi connectivity index (χ3v) is 3.02. The lowest BCUT2D eigenvalue weighted by Gasteiger charge is -2.39. The van der Waals surface area contributed by atoms with Crippen molar-refractivity contribution in [1.82, 2.24) is 4.98 Å². The Bertz CT molecular complexity index is 406. The Morgan fingerprint density at radius 1 is 1.44 bits per heavy atom. The van der Waals surface area contributed by atoms with Crippen LogP contribution >= 0.6 is 11.6 Å². The minimum atomic E-state index is -4.50. The number of nitrogens with zero attached hydrogens (tertiary/aromatic N) is 2. The molecule has 1 aromatic rings. The largest absolute Gasteiger partial charge is 0.434 e. The zero-order chi connectivity index (χ0) is 11.9. The lowest BCUT2D eigenvalue weighted by molar-refractivity contribution is -0.141. The lowest BCUT2D eigenvalue weighted by Crippen LogP contribution is -2.46. The molecule has 0 spiro atoms. The smallest absolute Gasteiger partial charge is 0.354 e. The van der Waals surface area contributed by atoms with Crippen LogP contribution in [0.4, 0.5) is 19.0 Å². The molecule has 2 nitrogen and oxygen atoms in total. The molecule has 1 atom stereocenters. The number of anilines is 1. The van der Waals surface area contributed by atoms with Crippen LogP contribution in [-0.2, 0) is 6.18 Å². The van der Waals surface area contributed by atoms with Gasteiger partial charge in [0, 0.05) is 12.6 Å². The molecule has 2 heterocycles. The molecule has 0 N–H and O–H groups in total. The van der Waals surface area contributed by atoms with Crippen LogP contribution in [0.15, 0.2) is 12.1 Å². The molecule has 1 aliphatic heterocycles. The highest BCUT2D eigenvalue weighted by atomic mass is 35.5. The van der Waals surface area contributed by atoms with Gasteiger partial charge in [-0.05, 0) is 25.5 Å². The maximum atomic E-state index is 12.5. The Kier molecular flexibility index (Phi) is 2.74. The minimum Gasteiger partial charge on any atom is -0.354 e. The van der Waals surface area contributed by atoms with E-state index in [9.17, 15) is 13.2 Å². The van der Waals surface area contributed by atoms with Gasteiger partial charge >= 0.3 is 6.18 Å². The summed E-state index contributed by atoms with van der Waals surface area (Å²) < 4.78 is 37.6. The predicted octanol–water partition coefficient (Wildman–Crippen LogP) is 3.35. The Morgan fingerprint density at radius 2 is 2.12 bits per heavy atom. The molecule has 1 aliphatic rings. The Morgan fingerprint density at radius 3 is 2.56 bits per heavy atom. The van der Waals surface area contributed by atoms with E-state index in [-0.39, 0.29) is 11.1 Å². The molecule has 2 rings (SSSR count). The second kappa shape index (κ2) is 3.80. The first-order valence-electron chi connectivity index (χ1n) is 4.90. The normalized spacial score (nSPS) is 20.8. The van der Waals surface area contributed by atoms with Gasteiger partial charge in [0.1, 0.15) is 5.82 Å². The molecule has 1 aromatic heterocycles. The number of rotatable bonds is 1. The van der Waals surface area contributed by atoms with E-state index < -0.39 is 11.9 Å². The van der Waals surface area contributed by atoms with Crippen molar-refractivity contribution in [1.29, 1.82) is 0 Å². The highest BCUT2D eigenvalue weighted by Gasteiger charge is 2.36. The maximum Gasteiger partial charge on any atom is 0.434 e. The van der Waals surface area contributed by atoms with Crippen molar-refractivity contribution in [3.05, 3.63) is 22.8 Å². The maximum absolute atomic E-state index is 12.5. The van der Waals surface area contributed by atoms with E-state index in [2.05, 4.69) is 4.98 Å². The fourth-order valence-electron chi connectivity index (χ4n) is 1.65. The Labute approximate surface area is 96.0 Å². The number of aromatic nitrogens is 1. The second-order valence-electron chi connectivity index (χ2n) is 3.83. The molecule has 0 aliphatic carbocycles. The summed E-state index contributed by atoms with van der Waals surface area (Å²) in [5.74, 6) is 0.343. The first-order valence-corrected chi connectivity index (χ1v) is 5.28. The van der Waals surface area contributed by atoms with Crippen LogP contribution in [-0.4, -0.2) is 17.6 Å². The summed E-state index contributed by atoms with van der Waals surface area (Å²) in [5, 5.41) is -0.357. The van der Waals surface area contributed by atoms with Gasteiger partial charge in [0.15, 0.2) is 5.69 Å².